The van der Waals surface area contributed by atoms with E-state index in [0.717, 1.165) is 55.4 Å². The van der Waals surface area contributed by atoms with Crippen molar-refractivity contribution in [2.75, 3.05) is 33.4 Å². The minimum absolute atomic E-state index is 0.544. The molecule has 2 aromatic rings. The Morgan fingerprint density at radius 2 is 2.26 bits per heavy atom. The van der Waals surface area contributed by atoms with Crippen molar-refractivity contribution in [2.45, 2.75) is 19.9 Å². The number of para-hydroxylation sites is 1. The second-order valence-corrected chi connectivity index (χ2v) is 6.03. The number of guanidine groups is 1. The molecule has 0 saturated carbocycles. The van der Waals surface area contributed by atoms with Gasteiger partial charge in [-0.05, 0) is 25.5 Å². The van der Waals surface area contributed by atoms with Crippen molar-refractivity contribution >= 4 is 16.9 Å². The number of rotatable bonds is 5. The number of fused-ring (bicyclic) bond motifs is 1. The largest absolute Gasteiger partial charge is 0.459 e. The molecule has 1 atom stereocenters. The summed E-state index contributed by atoms with van der Waals surface area (Å²) in [4.78, 5) is 6.90. The second kappa shape index (κ2) is 7.51. The molecule has 0 amide bonds. The summed E-state index contributed by atoms with van der Waals surface area (Å²) in [7, 11) is 2.08. The highest BCUT2D eigenvalue weighted by molar-refractivity contribution is 5.80. The van der Waals surface area contributed by atoms with Gasteiger partial charge in [-0.15, -0.1) is 0 Å². The molecule has 5 nitrogen and oxygen atoms in total. The summed E-state index contributed by atoms with van der Waals surface area (Å²) < 4.78 is 11.3. The second-order valence-electron chi connectivity index (χ2n) is 6.03. The van der Waals surface area contributed by atoms with E-state index >= 15 is 0 Å². The number of furan rings is 1. The van der Waals surface area contributed by atoms with E-state index < -0.39 is 0 Å². The first-order valence-electron chi connectivity index (χ1n) is 8.31. The zero-order chi connectivity index (χ0) is 16.1. The first-order chi connectivity index (χ1) is 11.3. The summed E-state index contributed by atoms with van der Waals surface area (Å²) in [6.45, 7) is 6.18. The molecule has 0 bridgehead atoms. The quantitative estimate of drug-likeness (QED) is 0.681. The van der Waals surface area contributed by atoms with E-state index in [-0.39, 0.29) is 0 Å². The highest BCUT2D eigenvalue weighted by Crippen LogP contribution is 2.19. The van der Waals surface area contributed by atoms with Crippen molar-refractivity contribution in [1.82, 2.24) is 10.2 Å². The summed E-state index contributed by atoms with van der Waals surface area (Å²) in [6.07, 6.45) is 1.13. The molecule has 1 aromatic carbocycles. The Labute approximate surface area is 137 Å². The first-order valence-corrected chi connectivity index (χ1v) is 8.31. The Hall–Kier alpha value is -2.01. The molecule has 0 radical (unpaired) electrons. The molecule has 0 spiro atoms. The fraction of sp³-hybridized carbons (Fsp3) is 0.500. The van der Waals surface area contributed by atoms with Crippen LogP contribution in [-0.2, 0) is 11.3 Å². The van der Waals surface area contributed by atoms with Gasteiger partial charge in [-0.3, -0.25) is 0 Å². The fourth-order valence-corrected chi connectivity index (χ4v) is 2.94. The lowest BCUT2D eigenvalue weighted by Crippen LogP contribution is -2.41. The molecule has 1 aliphatic heterocycles. The Kier molecular flexibility index (Phi) is 5.18. The van der Waals surface area contributed by atoms with Gasteiger partial charge in [-0.1, -0.05) is 18.2 Å². The number of nitrogens with one attached hydrogen (secondary N) is 1. The van der Waals surface area contributed by atoms with Crippen molar-refractivity contribution in [1.29, 1.82) is 0 Å². The van der Waals surface area contributed by atoms with Crippen LogP contribution < -0.4 is 5.32 Å². The molecular weight excluding hydrogens is 290 g/mol. The number of benzene rings is 1. The third-order valence-electron chi connectivity index (χ3n) is 4.11. The zero-order valence-electron chi connectivity index (χ0n) is 13.9. The molecule has 2 heterocycles. The molecule has 1 aromatic heterocycles. The van der Waals surface area contributed by atoms with Crippen molar-refractivity contribution in [2.24, 2.45) is 10.9 Å². The SMILES string of the molecule is CCNC(=NCc1cc2ccccc2o1)N(C)CC1CCOC1. The van der Waals surface area contributed by atoms with E-state index in [2.05, 4.69) is 36.3 Å². The third-order valence-corrected chi connectivity index (χ3v) is 4.11. The van der Waals surface area contributed by atoms with Gasteiger partial charge in [0.05, 0.1) is 6.61 Å². The molecule has 1 N–H and O–H groups in total. The van der Waals surface area contributed by atoms with E-state index in [1.807, 2.05) is 18.2 Å². The van der Waals surface area contributed by atoms with Crippen LogP contribution in [0.15, 0.2) is 39.7 Å². The van der Waals surface area contributed by atoms with Gasteiger partial charge < -0.3 is 19.4 Å². The summed E-state index contributed by atoms with van der Waals surface area (Å²) in [5, 5.41) is 4.48. The van der Waals surface area contributed by atoms with Crippen molar-refractivity contribution < 1.29 is 9.15 Å². The van der Waals surface area contributed by atoms with Crippen molar-refractivity contribution in [3.8, 4) is 0 Å². The van der Waals surface area contributed by atoms with Crippen LogP contribution in [0.3, 0.4) is 0 Å². The standard InChI is InChI=1S/C18H25N3O2/c1-3-19-18(21(2)12-14-8-9-22-13-14)20-11-16-10-15-6-4-5-7-17(15)23-16/h4-7,10,14H,3,8-9,11-13H2,1-2H3,(H,19,20). The molecule has 1 saturated heterocycles. The number of hydrogen-bond donors (Lipinski definition) is 1. The minimum Gasteiger partial charge on any atom is -0.459 e. The maximum atomic E-state index is 5.84. The maximum absolute atomic E-state index is 5.84. The molecule has 1 aliphatic rings. The van der Waals surface area contributed by atoms with Crippen LogP contribution in [0.5, 0.6) is 0 Å². The highest BCUT2D eigenvalue weighted by Gasteiger charge is 2.19. The summed E-state index contributed by atoms with van der Waals surface area (Å²) in [6, 6.07) is 10.1. The Bertz CT molecular complexity index is 626. The molecule has 0 aliphatic carbocycles. The van der Waals surface area contributed by atoms with Gasteiger partial charge >= 0.3 is 0 Å². The van der Waals surface area contributed by atoms with E-state index in [4.69, 9.17) is 14.1 Å². The maximum Gasteiger partial charge on any atom is 0.194 e. The van der Waals surface area contributed by atoms with Crippen molar-refractivity contribution in [3.63, 3.8) is 0 Å². The van der Waals surface area contributed by atoms with E-state index in [0.29, 0.717) is 12.5 Å². The number of nitrogens with zero attached hydrogens (tertiary/aromatic N) is 2. The predicted octanol–water partition coefficient (Wildman–Crippen LogP) is 2.87. The lowest BCUT2D eigenvalue weighted by molar-refractivity contribution is 0.181. The number of aliphatic imine (C=N–C) groups is 1. The summed E-state index contributed by atoms with van der Waals surface area (Å²) >= 11 is 0. The number of ether oxygens (including phenoxy) is 1. The molecule has 124 valence electrons. The van der Waals surface area contributed by atoms with Gasteiger partial charge in [0.25, 0.3) is 0 Å². The van der Waals surface area contributed by atoms with Crippen LogP contribution in [0.2, 0.25) is 0 Å². The Balaban J connectivity index is 1.67. The van der Waals surface area contributed by atoms with E-state index in [1.165, 1.54) is 0 Å². The van der Waals surface area contributed by atoms with Crippen LogP contribution in [0, 0.1) is 5.92 Å². The average Bonchev–Trinajstić information content (AvgIpc) is 3.19. The van der Waals surface area contributed by atoms with Gasteiger partial charge in [-0.2, -0.15) is 0 Å². The van der Waals surface area contributed by atoms with Crippen molar-refractivity contribution in [3.05, 3.63) is 36.1 Å². The molecular formula is C18H25N3O2. The molecule has 23 heavy (non-hydrogen) atoms. The van der Waals surface area contributed by atoms with Crippen LogP contribution in [0.1, 0.15) is 19.1 Å². The summed E-state index contributed by atoms with van der Waals surface area (Å²) in [5.74, 6) is 2.40. The average molecular weight is 315 g/mol. The molecule has 1 fully saturated rings. The molecule has 3 rings (SSSR count). The van der Waals surface area contributed by atoms with E-state index in [1.54, 1.807) is 0 Å². The topological polar surface area (TPSA) is 50.0 Å². The van der Waals surface area contributed by atoms with Crippen LogP contribution in [-0.4, -0.2) is 44.2 Å². The first kappa shape index (κ1) is 15.9. The minimum atomic E-state index is 0.544. The van der Waals surface area contributed by atoms with Gasteiger partial charge in [0, 0.05) is 38.0 Å². The third kappa shape index (κ3) is 4.05. The smallest absolute Gasteiger partial charge is 0.194 e. The number of hydrogen-bond acceptors (Lipinski definition) is 3. The van der Waals surface area contributed by atoms with Crippen LogP contribution >= 0.6 is 0 Å². The van der Waals surface area contributed by atoms with Gasteiger partial charge in [0.1, 0.15) is 17.9 Å². The van der Waals surface area contributed by atoms with E-state index in [9.17, 15) is 0 Å². The Morgan fingerprint density at radius 1 is 1.39 bits per heavy atom. The van der Waals surface area contributed by atoms with Crippen LogP contribution in [0.4, 0.5) is 0 Å². The predicted molar refractivity (Wildman–Crippen MR) is 92.6 cm³/mol. The highest BCUT2D eigenvalue weighted by atomic mass is 16.5. The lowest BCUT2D eigenvalue weighted by Gasteiger charge is -2.24. The van der Waals surface area contributed by atoms with Gasteiger partial charge in [0.15, 0.2) is 5.96 Å². The monoisotopic (exact) mass is 315 g/mol. The molecule has 5 heteroatoms. The fourth-order valence-electron chi connectivity index (χ4n) is 2.94. The summed E-state index contributed by atoms with van der Waals surface area (Å²) in [5.41, 5.74) is 0.916. The van der Waals surface area contributed by atoms with Crippen LogP contribution in [0.25, 0.3) is 11.0 Å². The van der Waals surface area contributed by atoms with Gasteiger partial charge in [-0.25, -0.2) is 4.99 Å². The zero-order valence-corrected chi connectivity index (χ0v) is 13.9. The Morgan fingerprint density at radius 3 is 3.00 bits per heavy atom. The lowest BCUT2D eigenvalue weighted by atomic mass is 10.1. The van der Waals surface area contributed by atoms with Gasteiger partial charge in [0.2, 0.25) is 0 Å². The molecule has 1 unspecified atom stereocenters. The normalized spacial score (nSPS) is 18.5.